The SMILES string of the molecule is CC(C)C(=O)Nc1ccc2c(c1)CN(C(=O)c1ccco1)CC2. The summed E-state index contributed by atoms with van der Waals surface area (Å²) in [5, 5.41) is 2.90. The Labute approximate surface area is 135 Å². The van der Waals surface area contributed by atoms with Crippen LogP contribution in [0.25, 0.3) is 0 Å². The molecule has 0 aliphatic carbocycles. The lowest BCUT2D eigenvalue weighted by Crippen LogP contribution is -2.35. The van der Waals surface area contributed by atoms with Crippen LogP contribution in [-0.2, 0) is 17.8 Å². The summed E-state index contributed by atoms with van der Waals surface area (Å²) in [7, 11) is 0. The molecule has 3 rings (SSSR count). The standard InChI is InChI=1S/C18H20N2O3/c1-12(2)17(21)19-15-6-5-13-7-8-20(11-14(13)10-15)18(22)16-4-3-9-23-16/h3-6,9-10,12H,7-8,11H2,1-2H3,(H,19,21). The van der Waals surface area contributed by atoms with Gasteiger partial charge in [0.25, 0.3) is 5.91 Å². The molecule has 1 aliphatic heterocycles. The fourth-order valence-corrected chi connectivity index (χ4v) is 2.65. The third-order valence-electron chi connectivity index (χ3n) is 4.03. The molecule has 5 heteroatoms. The average molecular weight is 312 g/mol. The highest BCUT2D eigenvalue weighted by molar-refractivity contribution is 5.93. The van der Waals surface area contributed by atoms with E-state index < -0.39 is 0 Å². The van der Waals surface area contributed by atoms with Gasteiger partial charge in [-0.25, -0.2) is 0 Å². The van der Waals surface area contributed by atoms with Crippen molar-refractivity contribution in [1.82, 2.24) is 4.90 Å². The first-order valence-corrected chi connectivity index (χ1v) is 7.80. The van der Waals surface area contributed by atoms with Crippen LogP contribution in [0, 0.1) is 5.92 Å². The normalized spacial score (nSPS) is 13.8. The summed E-state index contributed by atoms with van der Waals surface area (Å²) in [6.07, 6.45) is 2.31. The van der Waals surface area contributed by atoms with Crippen molar-refractivity contribution in [2.24, 2.45) is 5.92 Å². The lowest BCUT2D eigenvalue weighted by Gasteiger charge is -2.28. The molecular formula is C18H20N2O3. The van der Waals surface area contributed by atoms with Crippen LogP contribution in [0.1, 0.15) is 35.5 Å². The molecule has 0 radical (unpaired) electrons. The van der Waals surface area contributed by atoms with Crippen molar-refractivity contribution in [3.8, 4) is 0 Å². The third kappa shape index (κ3) is 3.28. The minimum Gasteiger partial charge on any atom is -0.459 e. The Balaban J connectivity index is 1.76. The van der Waals surface area contributed by atoms with E-state index in [1.807, 2.05) is 32.0 Å². The van der Waals surface area contributed by atoms with E-state index in [9.17, 15) is 9.59 Å². The summed E-state index contributed by atoms with van der Waals surface area (Å²) >= 11 is 0. The molecule has 1 aliphatic rings. The van der Waals surface area contributed by atoms with Crippen LogP contribution in [0.4, 0.5) is 5.69 Å². The van der Waals surface area contributed by atoms with E-state index in [0.717, 1.165) is 17.7 Å². The summed E-state index contributed by atoms with van der Waals surface area (Å²) < 4.78 is 5.19. The highest BCUT2D eigenvalue weighted by atomic mass is 16.3. The summed E-state index contributed by atoms with van der Waals surface area (Å²) in [4.78, 5) is 26.0. The summed E-state index contributed by atoms with van der Waals surface area (Å²) in [5.41, 5.74) is 3.06. The summed E-state index contributed by atoms with van der Waals surface area (Å²) in [6.45, 7) is 4.92. The first kappa shape index (κ1) is 15.3. The molecule has 0 spiro atoms. The predicted octanol–water partition coefficient (Wildman–Crippen LogP) is 3.07. The van der Waals surface area contributed by atoms with Crippen molar-refractivity contribution in [3.05, 3.63) is 53.5 Å². The number of anilines is 1. The Kier molecular flexibility index (Phi) is 4.19. The van der Waals surface area contributed by atoms with Crippen LogP contribution in [0.5, 0.6) is 0 Å². The summed E-state index contributed by atoms with van der Waals surface area (Å²) in [5.74, 6) is 0.183. The van der Waals surface area contributed by atoms with Crippen LogP contribution in [0.15, 0.2) is 41.0 Å². The highest BCUT2D eigenvalue weighted by Gasteiger charge is 2.23. The lowest BCUT2D eigenvalue weighted by atomic mass is 9.98. The summed E-state index contributed by atoms with van der Waals surface area (Å²) in [6, 6.07) is 9.29. The number of furan rings is 1. The van der Waals surface area contributed by atoms with E-state index in [1.54, 1.807) is 17.0 Å². The highest BCUT2D eigenvalue weighted by Crippen LogP contribution is 2.24. The Hall–Kier alpha value is -2.56. The lowest BCUT2D eigenvalue weighted by molar-refractivity contribution is -0.118. The Bertz CT molecular complexity index is 720. The van der Waals surface area contributed by atoms with E-state index in [0.29, 0.717) is 18.8 Å². The van der Waals surface area contributed by atoms with Crippen LogP contribution in [-0.4, -0.2) is 23.3 Å². The number of nitrogens with zero attached hydrogens (tertiary/aromatic N) is 1. The number of fused-ring (bicyclic) bond motifs is 1. The molecule has 1 aromatic carbocycles. The van der Waals surface area contributed by atoms with Crippen LogP contribution >= 0.6 is 0 Å². The van der Waals surface area contributed by atoms with E-state index in [1.165, 1.54) is 11.8 Å². The monoisotopic (exact) mass is 312 g/mol. The fourth-order valence-electron chi connectivity index (χ4n) is 2.65. The molecule has 1 N–H and O–H groups in total. The maximum absolute atomic E-state index is 12.4. The van der Waals surface area contributed by atoms with Crippen molar-refractivity contribution in [3.63, 3.8) is 0 Å². The van der Waals surface area contributed by atoms with Gasteiger partial charge in [-0.15, -0.1) is 0 Å². The second kappa shape index (κ2) is 6.28. The molecule has 0 atom stereocenters. The van der Waals surface area contributed by atoms with Crippen molar-refractivity contribution >= 4 is 17.5 Å². The molecule has 2 aromatic rings. The third-order valence-corrected chi connectivity index (χ3v) is 4.03. The van der Waals surface area contributed by atoms with Crippen molar-refractivity contribution in [2.75, 3.05) is 11.9 Å². The molecule has 0 fully saturated rings. The first-order valence-electron chi connectivity index (χ1n) is 7.80. The van der Waals surface area contributed by atoms with Gasteiger partial charge in [-0.3, -0.25) is 9.59 Å². The molecular weight excluding hydrogens is 292 g/mol. The van der Waals surface area contributed by atoms with E-state index in [-0.39, 0.29) is 17.7 Å². The molecule has 23 heavy (non-hydrogen) atoms. The molecule has 2 amide bonds. The minimum absolute atomic E-state index is 0.00993. The molecule has 120 valence electrons. The van der Waals surface area contributed by atoms with Crippen LogP contribution in [0.3, 0.4) is 0 Å². The number of nitrogens with one attached hydrogen (secondary N) is 1. The molecule has 2 heterocycles. The van der Waals surface area contributed by atoms with Gasteiger partial charge in [0.1, 0.15) is 0 Å². The van der Waals surface area contributed by atoms with Gasteiger partial charge < -0.3 is 14.6 Å². The fraction of sp³-hybridized carbons (Fsp3) is 0.333. The minimum atomic E-state index is -0.0998. The van der Waals surface area contributed by atoms with Crippen molar-refractivity contribution in [1.29, 1.82) is 0 Å². The smallest absolute Gasteiger partial charge is 0.289 e. The van der Waals surface area contributed by atoms with Crippen molar-refractivity contribution in [2.45, 2.75) is 26.8 Å². The zero-order chi connectivity index (χ0) is 16.4. The predicted molar refractivity (Wildman–Crippen MR) is 87.1 cm³/mol. The van der Waals surface area contributed by atoms with Gasteiger partial charge in [0, 0.05) is 24.7 Å². The van der Waals surface area contributed by atoms with Gasteiger partial charge in [0.05, 0.1) is 6.26 Å². The first-order chi connectivity index (χ1) is 11.0. The zero-order valence-electron chi connectivity index (χ0n) is 13.3. The quantitative estimate of drug-likeness (QED) is 0.947. The van der Waals surface area contributed by atoms with Gasteiger partial charge in [0.15, 0.2) is 5.76 Å². The van der Waals surface area contributed by atoms with Gasteiger partial charge in [-0.2, -0.15) is 0 Å². The number of benzene rings is 1. The number of hydrogen-bond acceptors (Lipinski definition) is 3. The Morgan fingerprint density at radius 2 is 2.04 bits per heavy atom. The van der Waals surface area contributed by atoms with Crippen molar-refractivity contribution < 1.29 is 14.0 Å². The zero-order valence-corrected chi connectivity index (χ0v) is 13.3. The van der Waals surface area contributed by atoms with E-state index in [4.69, 9.17) is 4.42 Å². The molecule has 5 nitrogen and oxygen atoms in total. The van der Waals surface area contributed by atoms with Crippen LogP contribution in [0.2, 0.25) is 0 Å². The molecule has 0 bridgehead atoms. The molecule has 0 saturated carbocycles. The van der Waals surface area contributed by atoms with Gasteiger partial charge in [-0.05, 0) is 41.8 Å². The molecule has 0 saturated heterocycles. The number of amides is 2. The number of carbonyl (C=O) groups is 2. The van der Waals surface area contributed by atoms with Gasteiger partial charge >= 0.3 is 0 Å². The second-order valence-corrected chi connectivity index (χ2v) is 6.08. The van der Waals surface area contributed by atoms with Crippen LogP contribution < -0.4 is 5.32 Å². The largest absolute Gasteiger partial charge is 0.459 e. The number of rotatable bonds is 3. The Morgan fingerprint density at radius 1 is 1.22 bits per heavy atom. The maximum atomic E-state index is 12.4. The van der Waals surface area contributed by atoms with Gasteiger partial charge in [0.2, 0.25) is 5.91 Å². The maximum Gasteiger partial charge on any atom is 0.289 e. The van der Waals surface area contributed by atoms with Gasteiger partial charge in [-0.1, -0.05) is 19.9 Å². The Morgan fingerprint density at radius 3 is 2.74 bits per heavy atom. The number of carbonyl (C=O) groups excluding carboxylic acids is 2. The van der Waals surface area contributed by atoms with E-state index in [2.05, 4.69) is 5.32 Å². The van der Waals surface area contributed by atoms with E-state index >= 15 is 0 Å². The molecule has 0 unspecified atom stereocenters. The second-order valence-electron chi connectivity index (χ2n) is 6.08. The topological polar surface area (TPSA) is 62.6 Å². The number of hydrogen-bond donors (Lipinski definition) is 1. The average Bonchev–Trinajstić information content (AvgIpc) is 3.07. The molecule has 1 aromatic heterocycles.